The van der Waals surface area contributed by atoms with Gasteiger partial charge in [-0.05, 0) is 6.07 Å². The molecule has 0 spiro atoms. The lowest BCUT2D eigenvalue weighted by atomic mass is 10.1. The molecule has 172 valence electrons. The van der Waals surface area contributed by atoms with Crippen molar-refractivity contribution in [3.63, 3.8) is 0 Å². The molecule has 1 heterocycles. The number of benzene rings is 1. The first kappa shape index (κ1) is 24.4. The Balaban J connectivity index is 2.06. The Morgan fingerprint density at radius 3 is 2.56 bits per heavy atom. The van der Waals surface area contributed by atoms with E-state index in [0.717, 1.165) is 6.07 Å². The van der Waals surface area contributed by atoms with Crippen molar-refractivity contribution in [1.29, 1.82) is 0 Å². The van der Waals surface area contributed by atoms with E-state index < -0.39 is 16.9 Å². The Bertz CT molecular complexity index is 930. The normalized spacial score (nSPS) is 14.0. The van der Waals surface area contributed by atoms with Crippen molar-refractivity contribution in [1.82, 2.24) is 9.80 Å². The van der Waals surface area contributed by atoms with E-state index in [-0.39, 0.29) is 35.8 Å². The number of anilines is 1. The van der Waals surface area contributed by atoms with E-state index in [9.17, 15) is 19.7 Å². The highest BCUT2D eigenvalue weighted by atomic mass is 16.6. The molecule has 1 aliphatic rings. The van der Waals surface area contributed by atoms with Crippen molar-refractivity contribution in [2.45, 2.75) is 0 Å². The molecule has 12 heteroatoms. The fourth-order valence-electron chi connectivity index (χ4n) is 2.95. The molecule has 0 radical (unpaired) electrons. The number of hydrogen-bond acceptors (Lipinski definition) is 8. The van der Waals surface area contributed by atoms with Crippen LogP contribution >= 0.6 is 0 Å². The number of nitrogens with one attached hydrogen (secondary N) is 1. The predicted molar refractivity (Wildman–Crippen MR) is 118 cm³/mol. The zero-order chi connectivity index (χ0) is 23.5. The summed E-state index contributed by atoms with van der Waals surface area (Å²) in [6, 6.07) is 2.42. The van der Waals surface area contributed by atoms with E-state index >= 15 is 0 Å². The Morgan fingerprint density at radius 2 is 1.97 bits per heavy atom. The zero-order valence-corrected chi connectivity index (χ0v) is 17.5. The summed E-state index contributed by atoms with van der Waals surface area (Å²) < 4.78 is 5.61. The number of hydrogen-bond donors (Lipinski definition) is 4. The first-order valence-corrected chi connectivity index (χ1v) is 9.83. The predicted octanol–water partition coefficient (Wildman–Crippen LogP) is 0.298. The average Bonchev–Trinajstić information content (AvgIpc) is 2.76. The first-order chi connectivity index (χ1) is 15.3. The van der Waals surface area contributed by atoms with Gasteiger partial charge in [-0.2, -0.15) is 0 Å². The van der Waals surface area contributed by atoms with Gasteiger partial charge >= 0.3 is 6.09 Å². The molecule has 0 aliphatic carbocycles. The lowest BCUT2D eigenvalue weighted by molar-refractivity contribution is -0.384. The van der Waals surface area contributed by atoms with Crippen LogP contribution in [0.3, 0.4) is 0 Å². The molecule has 32 heavy (non-hydrogen) atoms. The molecule has 0 atom stereocenters. The fourth-order valence-corrected chi connectivity index (χ4v) is 2.95. The fraction of sp³-hybridized carbons (Fsp3) is 0.400. The second-order valence-corrected chi connectivity index (χ2v) is 6.77. The van der Waals surface area contributed by atoms with Gasteiger partial charge in [0.25, 0.3) is 5.69 Å². The summed E-state index contributed by atoms with van der Waals surface area (Å²) in [5, 5.41) is 23.4. The van der Waals surface area contributed by atoms with Crippen LogP contribution in [0.25, 0.3) is 0 Å². The van der Waals surface area contributed by atoms with E-state index in [1.165, 1.54) is 11.0 Å². The molecule has 2 amide bonds. The number of nitrogens with two attached hydrogens (primary N) is 2. The Morgan fingerprint density at radius 1 is 1.25 bits per heavy atom. The van der Waals surface area contributed by atoms with Gasteiger partial charge < -0.3 is 31.5 Å². The molecule has 1 aliphatic heterocycles. The summed E-state index contributed by atoms with van der Waals surface area (Å²) in [6.45, 7) is 2.97. The molecule has 1 saturated heterocycles. The molecule has 0 aromatic heterocycles. The molecule has 6 N–H and O–H groups in total. The minimum Gasteiger partial charge on any atom is -0.478 e. The van der Waals surface area contributed by atoms with Crippen LogP contribution in [0.2, 0.25) is 0 Å². The van der Waals surface area contributed by atoms with Gasteiger partial charge in [0.2, 0.25) is 5.91 Å². The third-order valence-electron chi connectivity index (χ3n) is 4.63. The van der Waals surface area contributed by atoms with Gasteiger partial charge in [-0.1, -0.05) is 24.0 Å². The van der Waals surface area contributed by atoms with Gasteiger partial charge in [0.15, 0.2) is 11.4 Å². The number of rotatable bonds is 9. The first-order valence-electron chi connectivity index (χ1n) is 9.83. The standard InChI is InChI=1S/C20H26N6O6/c21-5-1-2-6-23-18-16(26(30)31)13-15(19(22)27)14-17(18)32-12-4-3-7-24-8-10-25(11-9-24)20(28)29/h1-2,13-14,23H,5-12,21H2,(H2,22,27)(H,28,29)/b2-1+. The van der Waals surface area contributed by atoms with Crippen molar-refractivity contribution in [3.05, 3.63) is 40.0 Å². The number of carboxylic acid groups (broad SMARTS) is 1. The van der Waals surface area contributed by atoms with Gasteiger partial charge in [-0.3, -0.25) is 19.8 Å². The maximum Gasteiger partial charge on any atom is 0.407 e. The van der Waals surface area contributed by atoms with Gasteiger partial charge in [0, 0.05) is 50.9 Å². The number of primary amides is 1. The molecule has 0 bridgehead atoms. The second kappa shape index (κ2) is 12.1. The zero-order valence-electron chi connectivity index (χ0n) is 17.5. The number of carbonyl (C=O) groups is 2. The Hall–Kier alpha value is -3.82. The number of carbonyl (C=O) groups excluding carboxylic acids is 1. The molecular formula is C20H26N6O6. The molecular weight excluding hydrogens is 420 g/mol. The van der Waals surface area contributed by atoms with Crippen LogP contribution in [0.15, 0.2) is 24.3 Å². The smallest absolute Gasteiger partial charge is 0.407 e. The molecule has 0 saturated carbocycles. The number of nitro groups is 1. The lowest BCUT2D eigenvalue weighted by Crippen LogP contribution is -2.48. The van der Waals surface area contributed by atoms with Crippen LogP contribution in [0.5, 0.6) is 5.75 Å². The molecule has 1 fully saturated rings. The van der Waals surface area contributed by atoms with Crippen LogP contribution in [0, 0.1) is 22.0 Å². The number of amides is 2. The summed E-state index contributed by atoms with van der Waals surface area (Å²) in [7, 11) is 0. The number of nitrogens with zero attached hydrogens (tertiary/aromatic N) is 3. The Kier molecular flexibility index (Phi) is 9.27. The van der Waals surface area contributed by atoms with Crippen LogP contribution in [-0.2, 0) is 0 Å². The van der Waals surface area contributed by atoms with Gasteiger partial charge in [-0.15, -0.1) is 0 Å². The summed E-state index contributed by atoms with van der Waals surface area (Å²) in [5.41, 5.74) is 10.4. The largest absolute Gasteiger partial charge is 0.478 e. The lowest BCUT2D eigenvalue weighted by Gasteiger charge is -2.31. The van der Waals surface area contributed by atoms with Crippen LogP contribution in [0.1, 0.15) is 10.4 Å². The molecule has 0 unspecified atom stereocenters. The topological polar surface area (TPSA) is 177 Å². The molecule has 1 aromatic carbocycles. The number of nitro benzene ring substituents is 1. The maximum absolute atomic E-state index is 11.6. The van der Waals surface area contributed by atoms with Crippen LogP contribution in [-0.4, -0.2) is 84.3 Å². The quantitative estimate of drug-likeness (QED) is 0.180. The van der Waals surface area contributed by atoms with Crippen molar-refractivity contribution in [2.24, 2.45) is 11.5 Å². The van der Waals surface area contributed by atoms with E-state index in [1.807, 2.05) is 4.90 Å². The maximum atomic E-state index is 11.6. The number of ether oxygens (including phenoxy) is 1. The van der Waals surface area contributed by atoms with Crippen molar-refractivity contribution in [3.8, 4) is 17.6 Å². The van der Waals surface area contributed by atoms with Crippen molar-refractivity contribution >= 4 is 23.4 Å². The molecule has 1 aromatic rings. The second-order valence-electron chi connectivity index (χ2n) is 6.77. The highest BCUT2D eigenvalue weighted by Gasteiger charge is 2.22. The van der Waals surface area contributed by atoms with E-state index in [0.29, 0.717) is 39.3 Å². The average molecular weight is 446 g/mol. The summed E-state index contributed by atoms with van der Waals surface area (Å²) >= 11 is 0. The van der Waals surface area contributed by atoms with Crippen LogP contribution < -0.4 is 21.5 Å². The third kappa shape index (κ3) is 7.15. The van der Waals surface area contributed by atoms with Crippen LogP contribution in [0.4, 0.5) is 16.2 Å². The van der Waals surface area contributed by atoms with Crippen molar-refractivity contribution < 1.29 is 24.4 Å². The van der Waals surface area contributed by atoms with Crippen molar-refractivity contribution in [2.75, 3.05) is 57.7 Å². The molecule has 2 rings (SSSR count). The SMILES string of the molecule is NC/C=C/CNc1c(OCC#CCN2CCN(C(=O)O)CC2)cc(C(N)=O)cc1[N+](=O)[O-]. The molecule has 12 nitrogen and oxygen atoms in total. The summed E-state index contributed by atoms with van der Waals surface area (Å²) in [5.74, 6) is 5.03. The highest BCUT2D eigenvalue weighted by molar-refractivity contribution is 5.95. The minimum atomic E-state index is -0.931. The van der Waals surface area contributed by atoms with E-state index in [1.54, 1.807) is 12.2 Å². The highest BCUT2D eigenvalue weighted by Crippen LogP contribution is 2.36. The van der Waals surface area contributed by atoms with Gasteiger partial charge in [0.05, 0.1) is 11.5 Å². The van der Waals surface area contributed by atoms with Gasteiger partial charge in [0.1, 0.15) is 6.61 Å². The summed E-state index contributed by atoms with van der Waals surface area (Å²) in [4.78, 5) is 36.7. The van der Waals surface area contributed by atoms with Gasteiger partial charge in [-0.25, -0.2) is 4.79 Å². The van der Waals surface area contributed by atoms with E-state index in [4.69, 9.17) is 21.3 Å². The van der Waals surface area contributed by atoms with E-state index in [2.05, 4.69) is 17.2 Å². The monoisotopic (exact) mass is 446 g/mol. The third-order valence-corrected chi connectivity index (χ3v) is 4.63. The number of piperazine rings is 1. The summed E-state index contributed by atoms with van der Waals surface area (Å²) in [6.07, 6.45) is 2.47. The Labute approximate surface area is 184 Å². The minimum absolute atomic E-state index is 0.0565.